The normalized spacial score (nSPS) is 29.4. The molecule has 1 fully saturated rings. The SMILES string of the molecule is CCCn1c2nc(C3(C)CCC(C)(O)CC3)nc-2c2n(c1=O)C[C@@H](CC(C)C)N2. The second kappa shape index (κ2) is 7.11. The van der Waals surface area contributed by atoms with Crippen molar-refractivity contribution in [2.75, 3.05) is 5.32 Å². The van der Waals surface area contributed by atoms with Crippen molar-refractivity contribution in [2.45, 2.75) is 103 Å². The van der Waals surface area contributed by atoms with E-state index in [1.165, 1.54) is 0 Å². The highest BCUT2D eigenvalue weighted by atomic mass is 16.3. The first-order chi connectivity index (χ1) is 13.6. The minimum Gasteiger partial charge on any atom is -0.390 e. The van der Waals surface area contributed by atoms with Crippen LogP contribution in [0.2, 0.25) is 0 Å². The van der Waals surface area contributed by atoms with E-state index in [0.29, 0.717) is 24.8 Å². The predicted octanol–water partition coefficient (Wildman–Crippen LogP) is 3.38. The fourth-order valence-electron chi connectivity index (χ4n) is 4.88. The fourth-order valence-corrected chi connectivity index (χ4v) is 4.88. The highest BCUT2D eigenvalue weighted by Crippen LogP contribution is 2.43. The van der Waals surface area contributed by atoms with Gasteiger partial charge in [0.25, 0.3) is 0 Å². The summed E-state index contributed by atoms with van der Waals surface area (Å²) in [7, 11) is 0. The van der Waals surface area contributed by atoms with Gasteiger partial charge in [-0.25, -0.2) is 14.8 Å². The van der Waals surface area contributed by atoms with Crippen LogP contribution in [0.5, 0.6) is 0 Å². The Kier molecular flexibility index (Phi) is 5.00. The van der Waals surface area contributed by atoms with Crippen molar-refractivity contribution in [1.29, 1.82) is 0 Å². The maximum atomic E-state index is 13.2. The molecule has 1 saturated carbocycles. The van der Waals surface area contributed by atoms with Crippen LogP contribution in [-0.4, -0.2) is 35.9 Å². The van der Waals surface area contributed by atoms with Crippen LogP contribution in [0.4, 0.5) is 5.82 Å². The van der Waals surface area contributed by atoms with Gasteiger partial charge in [-0.15, -0.1) is 0 Å². The Bertz CT molecular complexity index is 916. The van der Waals surface area contributed by atoms with Gasteiger partial charge in [0.05, 0.1) is 5.60 Å². The summed E-state index contributed by atoms with van der Waals surface area (Å²) in [6.45, 7) is 11.9. The van der Waals surface area contributed by atoms with Crippen LogP contribution in [0, 0.1) is 5.92 Å². The fraction of sp³-hybridized carbons (Fsp3) is 0.773. The first-order valence-electron chi connectivity index (χ1n) is 11.1. The van der Waals surface area contributed by atoms with Crippen LogP contribution in [0.15, 0.2) is 4.79 Å². The Morgan fingerprint density at radius 1 is 1.21 bits per heavy atom. The molecule has 4 rings (SSSR count). The average molecular weight is 402 g/mol. The zero-order valence-corrected chi connectivity index (χ0v) is 18.5. The lowest BCUT2D eigenvalue weighted by Gasteiger charge is -2.38. The van der Waals surface area contributed by atoms with Gasteiger partial charge in [0.1, 0.15) is 17.3 Å². The quantitative estimate of drug-likeness (QED) is 0.802. The maximum Gasteiger partial charge on any atom is 0.331 e. The highest BCUT2D eigenvalue weighted by Gasteiger charge is 2.41. The van der Waals surface area contributed by atoms with E-state index in [1.54, 1.807) is 4.57 Å². The molecule has 0 aromatic heterocycles. The van der Waals surface area contributed by atoms with Gasteiger partial charge in [-0.3, -0.25) is 9.13 Å². The number of hydrogen-bond acceptors (Lipinski definition) is 5. The van der Waals surface area contributed by atoms with Crippen molar-refractivity contribution in [2.24, 2.45) is 5.92 Å². The monoisotopic (exact) mass is 401 g/mol. The van der Waals surface area contributed by atoms with Gasteiger partial charge in [-0.05, 0) is 51.4 Å². The summed E-state index contributed by atoms with van der Waals surface area (Å²) >= 11 is 0. The number of fused-ring (bicyclic) bond motifs is 3. The lowest BCUT2D eigenvalue weighted by Crippen LogP contribution is -2.38. The second-order valence-electron chi connectivity index (χ2n) is 10.1. The average Bonchev–Trinajstić information content (AvgIpc) is 3.26. The molecule has 0 bridgehead atoms. The standard InChI is InChI=1S/C22H35N5O2/c1-6-11-26-18-16(17-23-15(12-14(2)3)13-27(17)20(26)28)24-19(25-18)21(4)7-9-22(5,29)10-8-21/h14-15,23,29H,6-13H2,1-5H3/t15-,21?,22?/m1/s1. The molecular weight excluding hydrogens is 366 g/mol. The third kappa shape index (κ3) is 3.58. The van der Waals surface area contributed by atoms with Crippen molar-refractivity contribution in [3.63, 3.8) is 0 Å². The first kappa shape index (κ1) is 20.4. The highest BCUT2D eigenvalue weighted by molar-refractivity contribution is 5.70. The number of nitrogens with zero attached hydrogens (tertiary/aromatic N) is 4. The smallest absolute Gasteiger partial charge is 0.331 e. The summed E-state index contributed by atoms with van der Waals surface area (Å²) in [6.07, 6.45) is 5.10. The van der Waals surface area contributed by atoms with Gasteiger partial charge < -0.3 is 10.4 Å². The van der Waals surface area contributed by atoms with Crippen LogP contribution in [0.25, 0.3) is 11.5 Å². The molecule has 0 amide bonds. The third-order valence-electron chi connectivity index (χ3n) is 6.77. The van der Waals surface area contributed by atoms with Crippen molar-refractivity contribution >= 4 is 5.82 Å². The van der Waals surface area contributed by atoms with Crippen molar-refractivity contribution in [1.82, 2.24) is 19.1 Å². The number of hydrogen-bond donors (Lipinski definition) is 2. The molecule has 160 valence electrons. The number of aliphatic hydroxyl groups is 1. The van der Waals surface area contributed by atoms with E-state index in [0.717, 1.165) is 55.9 Å². The molecule has 0 spiro atoms. The van der Waals surface area contributed by atoms with Crippen LogP contribution in [-0.2, 0) is 18.5 Å². The maximum absolute atomic E-state index is 13.2. The summed E-state index contributed by atoms with van der Waals surface area (Å²) < 4.78 is 3.66. The van der Waals surface area contributed by atoms with Crippen LogP contribution in [0.3, 0.4) is 0 Å². The molecule has 1 atom stereocenters. The molecule has 29 heavy (non-hydrogen) atoms. The Hall–Kier alpha value is -1.89. The molecule has 3 aliphatic heterocycles. The molecule has 0 saturated heterocycles. The number of rotatable bonds is 5. The van der Waals surface area contributed by atoms with E-state index in [9.17, 15) is 9.90 Å². The number of nitrogens with one attached hydrogen (secondary N) is 1. The molecule has 0 aromatic rings. The Balaban J connectivity index is 1.79. The molecule has 0 aromatic carbocycles. The number of anilines is 1. The van der Waals surface area contributed by atoms with E-state index in [-0.39, 0.29) is 17.1 Å². The second-order valence-corrected chi connectivity index (χ2v) is 10.1. The summed E-state index contributed by atoms with van der Waals surface area (Å²) in [5, 5.41) is 13.9. The predicted molar refractivity (Wildman–Crippen MR) is 115 cm³/mol. The van der Waals surface area contributed by atoms with E-state index in [1.807, 2.05) is 11.5 Å². The van der Waals surface area contributed by atoms with Gasteiger partial charge >= 0.3 is 5.69 Å². The molecule has 4 aliphatic rings. The summed E-state index contributed by atoms with van der Waals surface area (Å²) in [5.74, 6) is 2.91. The van der Waals surface area contributed by atoms with Crippen molar-refractivity contribution < 1.29 is 5.11 Å². The number of imidazole rings is 1. The summed E-state index contributed by atoms with van der Waals surface area (Å²) in [5.41, 5.74) is 0.0644. The first-order valence-corrected chi connectivity index (χ1v) is 11.1. The van der Waals surface area contributed by atoms with Gasteiger partial charge in [0.15, 0.2) is 5.82 Å². The Morgan fingerprint density at radius 3 is 2.52 bits per heavy atom. The van der Waals surface area contributed by atoms with E-state index in [4.69, 9.17) is 9.97 Å². The summed E-state index contributed by atoms with van der Waals surface area (Å²) in [4.78, 5) is 23.1. The van der Waals surface area contributed by atoms with Crippen LogP contribution < -0.4 is 11.0 Å². The molecule has 1 aliphatic carbocycles. The van der Waals surface area contributed by atoms with E-state index in [2.05, 4.69) is 33.0 Å². The lowest BCUT2D eigenvalue weighted by atomic mass is 9.70. The molecule has 3 heterocycles. The van der Waals surface area contributed by atoms with Gasteiger partial charge in [0.2, 0.25) is 0 Å². The van der Waals surface area contributed by atoms with Crippen LogP contribution in [0.1, 0.15) is 79.0 Å². The largest absolute Gasteiger partial charge is 0.390 e. The molecular formula is C22H35N5O2. The molecule has 0 radical (unpaired) electrons. The van der Waals surface area contributed by atoms with Crippen molar-refractivity contribution in [3.8, 4) is 11.5 Å². The molecule has 7 heteroatoms. The summed E-state index contributed by atoms with van der Waals surface area (Å²) in [6, 6.07) is 0.254. The zero-order chi connectivity index (χ0) is 21.0. The lowest BCUT2D eigenvalue weighted by molar-refractivity contribution is 0.00181. The Labute approximate surface area is 172 Å². The van der Waals surface area contributed by atoms with Gasteiger partial charge in [0, 0.05) is 24.5 Å². The minimum atomic E-state index is -0.599. The van der Waals surface area contributed by atoms with Crippen molar-refractivity contribution in [3.05, 3.63) is 16.3 Å². The minimum absolute atomic E-state index is 0.0105. The van der Waals surface area contributed by atoms with E-state index < -0.39 is 5.60 Å². The van der Waals surface area contributed by atoms with E-state index >= 15 is 0 Å². The molecule has 0 unspecified atom stereocenters. The third-order valence-corrected chi connectivity index (χ3v) is 6.77. The topological polar surface area (TPSA) is 85.0 Å². The zero-order valence-electron chi connectivity index (χ0n) is 18.5. The number of aromatic nitrogens is 4. The van der Waals surface area contributed by atoms with Gasteiger partial charge in [-0.2, -0.15) is 0 Å². The Morgan fingerprint density at radius 2 is 1.90 bits per heavy atom. The molecule has 7 nitrogen and oxygen atoms in total. The molecule has 2 N–H and O–H groups in total. The van der Waals surface area contributed by atoms with Gasteiger partial charge in [-0.1, -0.05) is 27.7 Å². The van der Waals surface area contributed by atoms with Crippen LogP contribution >= 0.6 is 0 Å².